The highest BCUT2D eigenvalue weighted by Gasteiger charge is 2.38. The molecule has 0 aromatic heterocycles. The number of carbonyl (C=O) groups excluding carboxylic acids is 1. The highest BCUT2D eigenvalue weighted by atomic mass is 16.2. The van der Waals surface area contributed by atoms with Crippen LogP contribution in [0.3, 0.4) is 0 Å². The number of amides is 1. The van der Waals surface area contributed by atoms with Gasteiger partial charge in [0.05, 0.1) is 5.54 Å². The van der Waals surface area contributed by atoms with Crippen molar-refractivity contribution in [3.63, 3.8) is 0 Å². The van der Waals surface area contributed by atoms with Crippen molar-refractivity contribution in [2.24, 2.45) is 11.7 Å². The van der Waals surface area contributed by atoms with Gasteiger partial charge in [-0.3, -0.25) is 4.79 Å². The number of nitrogens with zero attached hydrogens (tertiary/aromatic N) is 1. The van der Waals surface area contributed by atoms with Crippen molar-refractivity contribution in [2.45, 2.75) is 64.0 Å². The van der Waals surface area contributed by atoms with Gasteiger partial charge in [-0.25, -0.2) is 0 Å². The van der Waals surface area contributed by atoms with E-state index in [1.54, 1.807) is 0 Å². The fourth-order valence-corrected chi connectivity index (χ4v) is 3.52. The number of nitrogens with two attached hydrogens (primary N) is 1. The van der Waals surface area contributed by atoms with Gasteiger partial charge in [-0.15, -0.1) is 0 Å². The Morgan fingerprint density at radius 1 is 1.37 bits per heavy atom. The highest BCUT2D eigenvalue weighted by Crippen LogP contribution is 2.30. The first kappa shape index (κ1) is 14.8. The Hall–Kier alpha value is -0.610. The number of piperidine rings is 1. The van der Waals surface area contributed by atoms with Gasteiger partial charge in [-0.2, -0.15) is 0 Å². The summed E-state index contributed by atoms with van der Waals surface area (Å²) in [4.78, 5) is 14.9. The maximum Gasteiger partial charge on any atom is 0.240 e. The fraction of sp³-hybridized carbons (Fsp3) is 0.933. The van der Waals surface area contributed by atoms with Crippen molar-refractivity contribution in [3.05, 3.63) is 0 Å². The van der Waals surface area contributed by atoms with Crippen LogP contribution in [0.1, 0.15) is 52.4 Å². The maximum absolute atomic E-state index is 12.4. The van der Waals surface area contributed by atoms with Crippen LogP contribution in [0, 0.1) is 5.92 Å². The molecule has 2 fully saturated rings. The molecule has 19 heavy (non-hydrogen) atoms. The van der Waals surface area contributed by atoms with E-state index < -0.39 is 5.54 Å². The smallest absolute Gasteiger partial charge is 0.240 e. The normalized spacial score (nSPS) is 34.2. The number of rotatable bonds is 3. The fourth-order valence-electron chi connectivity index (χ4n) is 3.52. The minimum Gasteiger partial charge on any atom is -0.352 e. The molecule has 1 heterocycles. The van der Waals surface area contributed by atoms with E-state index >= 15 is 0 Å². The summed E-state index contributed by atoms with van der Waals surface area (Å²) in [5.41, 5.74) is 5.73. The van der Waals surface area contributed by atoms with E-state index in [0.29, 0.717) is 12.0 Å². The molecule has 2 aliphatic rings. The zero-order chi connectivity index (χ0) is 13.9. The number of hydrogen-bond donors (Lipinski definition) is 2. The van der Waals surface area contributed by atoms with E-state index in [4.69, 9.17) is 5.73 Å². The van der Waals surface area contributed by atoms with Crippen LogP contribution in [-0.4, -0.2) is 42.0 Å². The molecular weight excluding hydrogens is 238 g/mol. The summed E-state index contributed by atoms with van der Waals surface area (Å²) < 4.78 is 0. The molecule has 2 unspecified atom stereocenters. The van der Waals surface area contributed by atoms with Crippen LogP contribution in [0.4, 0.5) is 0 Å². The summed E-state index contributed by atoms with van der Waals surface area (Å²) in [6.07, 6.45) is 6.10. The van der Waals surface area contributed by atoms with Gasteiger partial charge in [0, 0.05) is 19.1 Å². The van der Waals surface area contributed by atoms with Gasteiger partial charge in [-0.05, 0) is 38.1 Å². The van der Waals surface area contributed by atoms with E-state index in [-0.39, 0.29) is 5.91 Å². The Labute approximate surface area is 117 Å². The van der Waals surface area contributed by atoms with Crippen LogP contribution in [0.15, 0.2) is 0 Å². The average molecular weight is 267 g/mol. The minimum atomic E-state index is -0.612. The van der Waals surface area contributed by atoms with Crippen LogP contribution in [-0.2, 0) is 4.79 Å². The number of carbonyl (C=O) groups is 1. The third-order valence-corrected chi connectivity index (χ3v) is 4.85. The summed E-state index contributed by atoms with van der Waals surface area (Å²) >= 11 is 0. The molecule has 4 nitrogen and oxygen atoms in total. The predicted octanol–water partition coefficient (Wildman–Crippen LogP) is 1.49. The summed E-state index contributed by atoms with van der Waals surface area (Å²) in [5.74, 6) is 0.667. The predicted molar refractivity (Wildman–Crippen MR) is 77.8 cm³/mol. The van der Waals surface area contributed by atoms with Crippen molar-refractivity contribution in [3.8, 4) is 0 Å². The second-order valence-electron chi connectivity index (χ2n) is 6.54. The van der Waals surface area contributed by atoms with Crippen LogP contribution in [0.25, 0.3) is 0 Å². The van der Waals surface area contributed by atoms with Crippen molar-refractivity contribution in [1.29, 1.82) is 0 Å². The lowest BCUT2D eigenvalue weighted by molar-refractivity contribution is -0.129. The van der Waals surface area contributed by atoms with E-state index in [1.807, 2.05) is 0 Å². The molecule has 1 aliphatic heterocycles. The first-order valence-corrected chi connectivity index (χ1v) is 7.85. The second-order valence-corrected chi connectivity index (χ2v) is 6.54. The third-order valence-electron chi connectivity index (χ3n) is 4.85. The van der Waals surface area contributed by atoms with Gasteiger partial charge < -0.3 is 16.0 Å². The summed E-state index contributed by atoms with van der Waals surface area (Å²) in [6, 6.07) is 0.327. The van der Waals surface area contributed by atoms with Gasteiger partial charge in [0.25, 0.3) is 0 Å². The molecule has 1 aliphatic carbocycles. The molecule has 1 saturated carbocycles. The summed E-state index contributed by atoms with van der Waals surface area (Å²) in [6.45, 7) is 7.69. The van der Waals surface area contributed by atoms with Gasteiger partial charge in [-0.1, -0.05) is 26.7 Å². The Bertz CT molecular complexity index is 313. The summed E-state index contributed by atoms with van der Waals surface area (Å²) in [7, 11) is 0. The lowest BCUT2D eigenvalue weighted by Gasteiger charge is -2.38. The van der Waals surface area contributed by atoms with Crippen LogP contribution in [0.5, 0.6) is 0 Å². The van der Waals surface area contributed by atoms with Crippen LogP contribution in [0.2, 0.25) is 0 Å². The molecular formula is C15H29N3O. The monoisotopic (exact) mass is 267 g/mol. The van der Waals surface area contributed by atoms with Gasteiger partial charge in [0.15, 0.2) is 0 Å². The van der Waals surface area contributed by atoms with Crippen LogP contribution < -0.4 is 11.1 Å². The molecule has 2 atom stereocenters. The lowest BCUT2D eigenvalue weighted by Crippen LogP contribution is -2.59. The quantitative estimate of drug-likeness (QED) is 0.814. The SMILES string of the molecule is CCN1CCC(NC(=O)C2(N)CCCC(C)C2)CC1. The molecule has 1 saturated heterocycles. The van der Waals surface area contributed by atoms with Crippen molar-refractivity contribution in [2.75, 3.05) is 19.6 Å². The van der Waals surface area contributed by atoms with E-state index in [2.05, 4.69) is 24.1 Å². The second kappa shape index (κ2) is 6.23. The molecule has 0 aromatic rings. The zero-order valence-electron chi connectivity index (χ0n) is 12.5. The van der Waals surface area contributed by atoms with Crippen molar-refractivity contribution in [1.82, 2.24) is 10.2 Å². The number of hydrogen-bond acceptors (Lipinski definition) is 3. The molecule has 110 valence electrons. The average Bonchev–Trinajstić information content (AvgIpc) is 2.39. The largest absolute Gasteiger partial charge is 0.352 e. The van der Waals surface area contributed by atoms with Crippen molar-refractivity contribution < 1.29 is 4.79 Å². The molecule has 0 bridgehead atoms. The van der Waals surface area contributed by atoms with E-state index in [9.17, 15) is 4.79 Å². The van der Waals surface area contributed by atoms with Gasteiger partial charge in [0.2, 0.25) is 5.91 Å². The maximum atomic E-state index is 12.4. The van der Waals surface area contributed by atoms with E-state index in [1.165, 1.54) is 6.42 Å². The zero-order valence-corrected chi connectivity index (χ0v) is 12.5. The topological polar surface area (TPSA) is 58.4 Å². The Morgan fingerprint density at radius 3 is 2.63 bits per heavy atom. The molecule has 0 spiro atoms. The highest BCUT2D eigenvalue weighted by molar-refractivity contribution is 5.86. The van der Waals surface area contributed by atoms with Crippen molar-refractivity contribution >= 4 is 5.91 Å². The molecule has 4 heteroatoms. The molecule has 0 radical (unpaired) electrons. The molecule has 0 aromatic carbocycles. The number of nitrogens with one attached hydrogen (secondary N) is 1. The Morgan fingerprint density at radius 2 is 2.05 bits per heavy atom. The molecule has 2 rings (SSSR count). The lowest BCUT2D eigenvalue weighted by atomic mass is 9.76. The van der Waals surface area contributed by atoms with Crippen LogP contribution >= 0.6 is 0 Å². The first-order chi connectivity index (χ1) is 9.03. The van der Waals surface area contributed by atoms with E-state index in [0.717, 1.165) is 51.7 Å². The van der Waals surface area contributed by atoms with Gasteiger partial charge in [0.1, 0.15) is 0 Å². The Kier molecular flexibility index (Phi) is 4.85. The standard InChI is InChI=1S/C15H29N3O/c1-3-18-9-6-13(7-10-18)17-14(19)15(16)8-4-5-12(2)11-15/h12-13H,3-11,16H2,1-2H3,(H,17,19). The minimum absolute atomic E-state index is 0.0917. The Balaban J connectivity index is 1.83. The van der Waals surface area contributed by atoms with Gasteiger partial charge >= 0.3 is 0 Å². The number of likely N-dealkylation sites (tertiary alicyclic amines) is 1. The molecule has 1 amide bonds. The summed E-state index contributed by atoms with van der Waals surface area (Å²) in [5, 5.41) is 3.20. The third kappa shape index (κ3) is 3.69. The molecule has 3 N–H and O–H groups in total. The first-order valence-electron chi connectivity index (χ1n) is 7.85.